The van der Waals surface area contributed by atoms with Gasteiger partial charge in [-0.15, -0.1) is 0 Å². The van der Waals surface area contributed by atoms with Gasteiger partial charge in [0.25, 0.3) is 11.8 Å². The number of rotatable bonds is 50. The number of aromatic hydroxyl groups is 17. The topological polar surface area (TPSA) is 577 Å². The van der Waals surface area contributed by atoms with Gasteiger partial charge in [-0.2, -0.15) is 0 Å². The summed E-state index contributed by atoms with van der Waals surface area (Å²) in [6.45, 7) is 9.70. The summed E-state index contributed by atoms with van der Waals surface area (Å²) in [6.07, 6.45) is 6.09. The Morgan fingerprint density at radius 3 is 0.743 bits per heavy atom. The highest BCUT2D eigenvalue weighted by atomic mass is 16.6. The van der Waals surface area contributed by atoms with Crippen LogP contribution in [0, 0.1) is 26.7 Å². The maximum Gasteiger partial charge on any atom is 0.251 e. The van der Waals surface area contributed by atoms with Crippen LogP contribution in [0.4, 0.5) is 0 Å². The zero-order chi connectivity index (χ0) is 106. The number of carbonyl (C=O) groups excluding carboxylic acids is 6. The van der Waals surface area contributed by atoms with Crippen LogP contribution in [-0.2, 0) is 114 Å². The van der Waals surface area contributed by atoms with Crippen molar-refractivity contribution in [2.24, 2.45) is 5.92 Å². The number of benzene rings is 12. The van der Waals surface area contributed by atoms with Crippen LogP contribution in [-0.4, -0.2) is 221 Å². The van der Waals surface area contributed by atoms with Gasteiger partial charge in [-0.3, -0.25) is 33.6 Å². The third kappa shape index (κ3) is 41.9. The number of hydrogen-bond acceptors (Lipinski definition) is 29. The van der Waals surface area contributed by atoms with Gasteiger partial charge >= 0.3 is 0 Å². The van der Waals surface area contributed by atoms with E-state index in [2.05, 4.69) is 55.6 Å². The van der Waals surface area contributed by atoms with Crippen LogP contribution in [0.1, 0.15) is 148 Å². The molecular formula is C113H135N7O28. The molecule has 0 aliphatic heterocycles. The van der Waals surface area contributed by atoms with Crippen LogP contribution < -0.4 is 37.4 Å². The van der Waals surface area contributed by atoms with E-state index in [4.69, 9.17) is 28.9 Å². The smallest absolute Gasteiger partial charge is 0.251 e. The molecule has 12 aromatic carbocycles. The van der Waals surface area contributed by atoms with E-state index < -0.39 is 5.91 Å². The molecule has 0 aliphatic carbocycles. The van der Waals surface area contributed by atoms with E-state index in [1.54, 1.807) is 99.0 Å². The van der Waals surface area contributed by atoms with Gasteiger partial charge in [-0.1, -0.05) is 104 Å². The maximum absolute atomic E-state index is 13.1. The van der Waals surface area contributed by atoms with Gasteiger partial charge < -0.3 is 138 Å². The molecule has 35 nitrogen and oxygen atoms in total. The Morgan fingerprint density at radius 1 is 0.243 bits per heavy atom. The van der Waals surface area contributed by atoms with Crippen molar-refractivity contribution < 1.29 is 139 Å². The van der Waals surface area contributed by atoms with E-state index in [0.29, 0.717) is 122 Å². The molecule has 0 bridgehead atoms. The fraction of sp³-hybridized carbons (Fsp3) is 0.310. The summed E-state index contributed by atoms with van der Waals surface area (Å²) in [5.41, 5.74) is 17.9. The highest BCUT2D eigenvalue weighted by molar-refractivity contribution is 6.00. The second kappa shape index (κ2) is 61.2. The summed E-state index contributed by atoms with van der Waals surface area (Å²) < 4.78 is 22.0. The summed E-state index contributed by atoms with van der Waals surface area (Å²) >= 11 is 0. The first-order valence-electron chi connectivity index (χ1n) is 47.9. The molecule has 6 amide bonds. The lowest BCUT2D eigenvalue weighted by Crippen LogP contribution is -2.29. The molecule has 148 heavy (non-hydrogen) atoms. The molecule has 0 aromatic heterocycles. The number of methoxy groups -OCH3 is 1. The second-order valence-electron chi connectivity index (χ2n) is 35.2. The Balaban J connectivity index is 0.000000253. The fourth-order valence-electron chi connectivity index (χ4n) is 14.8. The highest BCUT2D eigenvalue weighted by Gasteiger charge is 2.20. The van der Waals surface area contributed by atoms with Gasteiger partial charge in [-0.25, -0.2) is 5.48 Å². The van der Waals surface area contributed by atoms with E-state index in [1.807, 2.05) is 50.2 Å². The summed E-state index contributed by atoms with van der Waals surface area (Å²) in [6, 6.07) is 59.8. The lowest BCUT2D eigenvalue weighted by Gasteiger charge is -2.18. The third-order valence-electron chi connectivity index (χ3n) is 23.2. The van der Waals surface area contributed by atoms with Crippen molar-refractivity contribution >= 4 is 35.4 Å². The zero-order valence-electron chi connectivity index (χ0n) is 82.5. The molecule has 12 aromatic rings. The Bertz CT molecular complexity index is 5910. The van der Waals surface area contributed by atoms with Crippen molar-refractivity contribution in [2.45, 2.75) is 125 Å². The molecule has 0 fully saturated rings. The van der Waals surface area contributed by atoms with Crippen molar-refractivity contribution in [1.82, 2.24) is 37.4 Å². The molecule has 0 atom stereocenters. The number of phenolic OH excluding ortho intramolecular Hbond substituents is 17. The first-order chi connectivity index (χ1) is 70.5. The molecule has 35 heteroatoms. The molecule has 0 aliphatic rings. The Morgan fingerprint density at radius 2 is 0.473 bits per heavy atom. The van der Waals surface area contributed by atoms with Gasteiger partial charge in [0.1, 0.15) is 17.2 Å². The van der Waals surface area contributed by atoms with Gasteiger partial charge in [0.15, 0.2) is 80.5 Å². The molecule has 0 heterocycles. The van der Waals surface area contributed by atoms with Crippen molar-refractivity contribution in [1.29, 1.82) is 0 Å². The predicted octanol–water partition coefficient (Wildman–Crippen LogP) is 13.2. The number of ether oxygens (including phenoxy) is 4. The summed E-state index contributed by atoms with van der Waals surface area (Å²) in [7, 11) is 1.55. The first kappa shape index (κ1) is 117. The maximum atomic E-state index is 13.1. The summed E-state index contributed by atoms with van der Waals surface area (Å²) in [4.78, 5) is 79.9. The third-order valence-corrected chi connectivity index (χ3v) is 23.2. The van der Waals surface area contributed by atoms with Gasteiger partial charge in [0.05, 0.1) is 52.9 Å². The van der Waals surface area contributed by atoms with Crippen LogP contribution in [0.15, 0.2) is 218 Å². The van der Waals surface area contributed by atoms with Crippen molar-refractivity contribution in [3.63, 3.8) is 0 Å². The van der Waals surface area contributed by atoms with E-state index in [-0.39, 0.29) is 224 Å². The Kier molecular flexibility index (Phi) is 48.4. The van der Waals surface area contributed by atoms with E-state index in [1.165, 1.54) is 78.9 Å². The quantitative estimate of drug-likeness (QED) is 0.00956. The molecule has 790 valence electrons. The van der Waals surface area contributed by atoms with Crippen molar-refractivity contribution in [2.75, 3.05) is 99.2 Å². The van der Waals surface area contributed by atoms with Crippen LogP contribution in [0.25, 0.3) is 0 Å². The van der Waals surface area contributed by atoms with Gasteiger partial charge in [0, 0.05) is 95.7 Å². The SMILES string of the molecule is C.COCCC(=O)NCCc1ccc(O)c(O)c1.Cc1ccc(CCNC(=O)CCOCC(COCCC(=O)NCCc2ccc(O)c(O)c2)COCCC(=O)NCCc2ccc(O)c(O)c2)cc1O.Cc1ccc(CCNC(=O)c2cc(CONCCc3ccc(O)c(O)c3)cc(C(=O)NCCc3ccc(O)c(O)c3)c2)cc1O.Cc1ccc(Cc2cc(Cc3ccc(O)c(O)c3)cc(Cc3ccc(O)c(O)c3)c2)cc1O. The van der Waals surface area contributed by atoms with Crippen molar-refractivity contribution in [3.8, 4) is 97.7 Å². The molecule has 0 saturated heterocycles. The largest absolute Gasteiger partial charge is 0.508 e. The Labute approximate surface area is 859 Å². The fourth-order valence-corrected chi connectivity index (χ4v) is 14.8. The highest BCUT2D eigenvalue weighted by Crippen LogP contribution is 2.34. The average molecular weight is 2040 g/mol. The van der Waals surface area contributed by atoms with Crippen molar-refractivity contribution in [3.05, 3.63) is 324 Å². The number of phenols is 17. The zero-order valence-corrected chi connectivity index (χ0v) is 82.5. The normalized spacial score (nSPS) is 10.8. The van der Waals surface area contributed by atoms with Crippen LogP contribution in [0.2, 0.25) is 0 Å². The van der Waals surface area contributed by atoms with E-state index in [0.717, 1.165) is 89.0 Å². The first-order valence-corrected chi connectivity index (χ1v) is 47.9. The van der Waals surface area contributed by atoms with Crippen LogP contribution in [0.3, 0.4) is 0 Å². The minimum atomic E-state index is -0.399. The van der Waals surface area contributed by atoms with Crippen LogP contribution in [0.5, 0.6) is 97.7 Å². The minimum absolute atomic E-state index is 0. The standard InChI is InChI=1S/C38H51N3O11.C34H37N3O8.C28H26O5.C12H17NO4.CH4/c1-26-2-3-27(20-33(26)44)8-14-39-36(47)11-17-50-23-30(24-51-18-12-37(48)40-15-9-28-4-6-31(42)34(45)21-28)25-52-19-13-38(49)41-16-10-29-5-7-32(43)35(46)22-29;1-21-2-3-22(16-30(21)40)8-11-35-33(43)26-14-25(20-45-37-13-10-24-5-7-29(39)32(42)18-24)15-27(19-26)34(44)36-12-9-23-4-6-28(38)31(41)17-23;1-17-2-3-18(14-26(17)31)8-21-11-22(9-19-4-6-24(29)27(32)15-19)13-23(12-21)10-20-5-7-25(30)28(33)16-20;1-17-7-5-12(16)13-6-4-9-2-3-10(14)11(15)8-9;/h2-7,20-22,30,42-46H,8-19,23-25H2,1H3,(H,39,47)(H,40,48)(H,41,49);2-7,14-19,37-42H,8-13,20H2,1H3,(H,35,43)(H,36,44);2-7,11-16,29-33H,8-10H2,1H3;2-3,8,14-15H,4-7H2,1H3,(H,13,16);1H4. The number of amides is 6. The number of hydrogen-bond donors (Lipinski definition) is 24. The molecule has 12 rings (SSSR count). The average Bonchev–Trinajstić information content (AvgIpc) is 0.822. The number of aryl methyl sites for hydroxylation is 3. The predicted molar refractivity (Wildman–Crippen MR) is 557 cm³/mol. The molecule has 0 spiro atoms. The molecule has 0 unspecified atom stereocenters. The van der Waals surface area contributed by atoms with Gasteiger partial charge in [-0.05, 0) is 301 Å². The number of hydroxylamine groups is 1. The lowest BCUT2D eigenvalue weighted by molar-refractivity contribution is -0.123. The molecule has 24 N–H and O–H groups in total. The minimum Gasteiger partial charge on any atom is -0.508 e. The molecule has 0 radical (unpaired) electrons. The second-order valence-corrected chi connectivity index (χ2v) is 35.2. The lowest BCUT2D eigenvalue weighted by atomic mass is 9.93. The van der Waals surface area contributed by atoms with E-state index in [9.17, 15) is 110 Å². The number of nitrogens with one attached hydrogen (secondary N) is 7. The molecular weight excluding hydrogens is 1900 g/mol. The summed E-state index contributed by atoms with van der Waals surface area (Å²) in [5.74, 6) is -3.55. The van der Waals surface area contributed by atoms with Gasteiger partial charge in [0.2, 0.25) is 23.6 Å². The van der Waals surface area contributed by atoms with Crippen LogP contribution >= 0.6 is 0 Å². The van der Waals surface area contributed by atoms with E-state index >= 15 is 0 Å². The number of carbonyl (C=O) groups is 6. The monoisotopic (exact) mass is 2040 g/mol. The Hall–Kier alpha value is -16.2. The summed E-state index contributed by atoms with van der Waals surface area (Å²) in [5, 5.41) is 180. The molecule has 0 saturated carbocycles.